The molecule has 0 saturated heterocycles. The Bertz CT molecular complexity index is 2150. The molecule has 7 rings (SSSR count). The minimum atomic E-state index is -3.85. The highest BCUT2D eigenvalue weighted by atomic mass is 28.3. The van der Waals surface area contributed by atoms with E-state index < -0.39 is 43.0 Å². The first-order chi connectivity index (χ1) is 22.7. The Morgan fingerprint density at radius 3 is 1.13 bits per heavy atom. The van der Waals surface area contributed by atoms with Gasteiger partial charge in [-0.3, -0.25) is 0 Å². The van der Waals surface area contributed by atoms with E-state index in [9.17, 15) is 8.78 Å². The lowest BCUT2D eigenvalue weighted by molar-refractivity contribution is 0.583. The molecule has 230 valence electrons. The predicted octanol–water partition coefficient (Wildman–Crippen LogP) is 8.39. The van der Waals surface area contributed by atoms with E-state index in [-0.39, 0.29) is 15.9 Å². The zero-order valence-electron chi connectivity index (χ0n) is 24.6. The van der Waals surface area contributed by atoms with Gasteiger partial charge >= 0.3 is 0 Å². The van der Waals surface area contributed by atoms with Crippen LogP contribution in [0.2, 0.25) is 0 Å². The molecule has 0 nitrogen and oxygen atoms in total. The van der Waals surface area contributed by atoms with Crippen LogP contribution in [0.5, 0.6) is 0 Å². The lowest BCUT2D eigenvalue weighted by Gasteiger charge is -2.34. The van der Waals surface area contributed by atoms with Gasteiger partial charge in [-0.1, -0.05) is 84.9 Å². The summed E-state index contributed by atoms with van der Waals surface area (Å²) in [6.07, 6.45) is 0. The molecule has 0 amide bonds. The maximum atomic E-state index is 15.0. The van der Waals surface area contributed by atoms with Crippen LogP contribution in [-0.2, 0) is 0 Å². The Morgan fingerprint density at radius 1 is 0.277 bits per heavy atom. The molecule has 0 heterocycles. The first-order valence-corrected chi connectivity index (χ1v) is 16.8. The largest absolute Gasteiger partial charge is 0.207 e. The third kappa shape index (κ3) is 5.75. The number of rotatable bonds is 6. The van der Waals surface area contributed by atoms with Crippen molar-refractivity contribution >= 4 is 39.6 Å². The van der Waals surface area contributed by atoms with Crippen LogP contribution in [0.3, 0.4) is 0 Å². The molecule has 0 aliphatic rings. The van der Waals surface area contributed by atoms with Gasteiger partial charge in [-0.2, -0.15) is 0 Å². The normalized spacial score (nSPS) is 11.6. The van der Waals surface area contributed by atoms with Gasteiger partial charge in [0.1, 0.15) is 34.9 Å². The van der Waals surface area contributed by atoms with Gasteiger partial charge in [0.2, 0.25) is 0 Å². The Kier molecular flexibility index (Phi) is 7.78. The van der Waals surface area contributed by atoms with E-state index in [1.54, 1.807) is 24.3 Å². The van der Waals surface area contributed by atoms with Crippen LogP contribution in [0.4, 0.5) is 26.3 Å². The lowest BCUT2D eigenvalue weighted by atomic mass is 10.0. The average molecular weight is 647 g/mol. The van der Waals surface area contributed by atoms with Crippen molar-refractivity contribution in [3.63, 3.8) is 0 Å². The van der Waals surface area contributed by atoms with Crippen molar-refractivity contribution < 1.29 is 26.3 Å². The van der Waals surface area contributed by atoms with Crippen LogP contribution in [0, 0.1) is 34.9 Å². The van der Waals surface area contributed by atoms with E-state index in [0.29, 0.717) is 15.9 Å². The molecular formula is C40H24F6Si. The minimum Gasteiger partial charge on any atom is -0.207 e. The SMILES string of the molecule is Fc1cc(F)cc(-c2ccc([Si](c3ccc(-c4ccc5ccccc5c4)cc3)(c3cc(F)cc(F)c3)c3cc(F)cc(F)c3)cc2)c1. The highest BCUT2D eigenvalue weighted by Crippen LogP contribution is 2.26. The Morgan fingerprint density at radius 2 is 0.660 bits per heavy atom. The first-order valence-electron chi connectivity index (χ1n) is 14.8. The second-order valence-electron chi connectivity index (χ2n) is 11.4. The molecule has 0 unspecified atom stereocenters. The maximum absolute atomic E-state index is 15.0. The van der Waals surface area contributed by atoms with E-state index in [2.05, 4.69) is 6.07 Å². The van der Waals surface area contributed by atoms with Crippen molar-refractivity contribution in [2.45, 2.75) is 0 Å². The van der Waals surface area contributed by atoms with Crippen molar-refractivity contribution in [3.8, 4) is 22.3 Å². The summed E-state index contributed by atoms with van der Waals surface area (Å²) in [5.74, 6) is -4.85. The van der Waals surface area contributed by atoms with E-state index in [1.165, 1.54) is 36.4 Å². The van der Waals surface area contributed by atoms with E-state index in [1.807, 2.05) is 60.7 Å². The van der Waals surface area contributed by atoms with Crippen molar-refractivity contribution in [3.05, 3.63) is 180 Å². The molecule has 0 aliphatic carbocycles. The van der Waals surface area contributed by atoms with Crippen molar-refractivity contribution in [2.24, 2.45) is 0 Å². The molecule has 0 radical (unpaired) electrons. The fourth-order valence-electron chi connectivity index (χ4n) is 6.46. The summed E-state index contributed by atoms with van der Waals surface area (Å²) in [5.41, 5.74) is 2.59. The lowest BCUT2D eigenvalue weighted by Crippen LogP contribution is -2.75. The minimum absolute atomic E-state index is 0.225. The summed E-state index contributed by atoms with van der Waals surface area (Å²) < 4.78 is 88.1. The van der Waals surface area contributed by atoms with Gasteiger partial charge in [-0.05, 0) is 96.2 Å². The van der Waals surface area contributed by atoms with Crippen LogP contribution >= 0.6 is 0 Å². The highest BCUT2D eigenvalue weighted by Gasteiger charge is 2.43. The number of hydrogen-bond acceptors (Lipinski definition) is 0. The quantitative estimate of drug-likeness (QED) is 0.0968. The summed E-state index contributed by atoms with van der Waals surface area (Å²) in [4.78, 5) is 0. The smallest absolute Gasteiger partial charge is 0.180 e. The van der Waals surface area contributed by atoms with E-state index >= 15 is 17.6 Å². The number of fused-ring (bicyclic) bond motifs is 1. The molecular weight excluding hydrogens is 623 g/mol. The zero-order chi connectivity index (χ0) is 32.7. The second kappa shape index (κ2) is 12.1. The topological polar surface area (TPSA) is 0 Å². The fraction of sp³-hybridized carbons (Fsp3) is 0. The van der Waals surface area contributed by atoms with Gasteiger partial charge in [0.25, 0.3) is 0 Å². The molecule has 0 fully saturated rings. The first kappa shape index (κ1) is 30.3. The number of benzene rings is 7. The summed E-state index contributed by atoms with van der Waals surface area (Å²) >= 11 is 0. The van der Waals surface area contributed by atoms with Gasteiger partial charge in [0.05, 0.1) is 0 Å². The van der Waals surface area contributed by atoms with Crippen LogP contribution in [-0.4, -0.2) is 8.07 Å². The van der Waals surface area contributed by atoms with Gasteiger partial charge in [-0.25, -0.2) is 26.3 Å². The molecule has 0 saturated carbocycles. The van der Waals surface area contributed by atoms with Crippen molar-refractivity contribution in [1.82, 2.24) is 0 Å². The van der Waals surface area contributed by atoms with E-state index in [0.717, 1.165) is 40.1 Å². The van der Waals surface area contributed by atoms with Gasteiger partial charge < -0.3 is 0 Å². The summed E-state index contributed by atoms with van der Waals surface area (Å²) in [7, 11) is -3.85. The molecule has 7 aromatic rings. The Labute approximate surface area is 268 Å². The van der Waals surface area contributed by atoms with Crippen LogP contribution < -0.4 is 20.7 Å². The van der Waals surface area contributed by atoms with Crippen molar-refractivity contribution in [2.75, 3.05) is 0 Å². The third-order valence-corrected chi connectivity index (χ3v) is 13.2. The summed E-state index contributed by atoms with van der Waals surface area (Å²) in [6.45, 7) is 0. The Hall–Kier alpha value is -5.40. The molecule has 7 aromatic carbocycles. The van der Waals surface area contributed by atoms with E-state index in [4.69, 9.17) is 0 Å². The monoisotopic (exact) mass is 646 g/mol. The fourth-order valence-corrected chi connectivity index (χ4v) is 11.2. The molecule has 0 bridgehead atoms. The number of halogens is 6. The molecule has 0 aromatic heterocycles. The Balaban J connectivity index is 1.47. The summed E-state index contributed by atoms with van der Waals surface area (Å²) in [5, 5.41) is 3.76. The maximum Gasteiger partial charge on any atom is 0.180 e. The number of hydrogen-bond donors (Lipinski definition) is 0. The predicted molar refractivity (Wildman–Crippen MR) is 178 cm³/mol. The van der Waals surface area contributed by atoms with Gasteiger partial charge in [-0.15, -0.1) is 0 Å². The van der Waals surface area contributed by atoms with Crippen molar-refractivity contribution in [1.29, 1.82) is 0 Å². The second-order valence-corrected chi connectivity index (χ2v) is 15.3. The molecule has 0 aliphatic heterocycles. The van der Waals surface area contributed by atoms with Crippen LogP contribution in [0.1, 0.15) is 0 Å². The standard InChI is InChI=1S/C40H24F6Si/c41-31-16-30(17-32(42)18-31)27-9-13-38(14-10-27)47(39-21-33(43)19-34(44)22-39,40-23-35(45)20-36(46)24-40)37-11-7-26(8-12-37)29-6-5-25-3-1-2-4-28(25)15-29/h1-24H. The van der Waals surface area contributed by atoms with Gasteiger partial charge in [0.15, 0.2) is 8.07 Å². The average Bonchev–Trinajstić information content (AvgIpc) is 3.04. The van der Waals surface area contributed by atoms with Gasteiger partial charge in [0, 0.05) is 18.2 Å². The molecule has 0 spiro atoms. The third-order valence-electron chi connectivity index (χ3n) is 8.51. The molecule has 47 heavy (non-hydrogen) atoms. The van der Waals surface area contributed by atoms with Crippen LogP contribution in [0.15, 0.2) is 146 Å². The zero-order valence-corrected chi connectivity index (χ0v) is 25.6. The highest BCUT2D eigenvalue weighted by molar-refractivity contribution is 7.19. The molecule has 0 N–H and O–H groups in total. The molecule has 7 heteroatoms. The summed E-state index contributed by atoms with van der Waals surface area (Å²) in [6, 6.07) is 37.6. The van der Waals surface area contributed by atoms with Crippen LogP contribution in [0.25, 0.3) is 33.0 Å². The molecule has 0 atom stereocenters.